The standard InChI is InChI=1S/C8H7NO3/c1-6(10)12-8(4-9)7-2-3-11-5-7/h2-3,5,8H,1H3/t8-/m1/s1. The van der Waals surface area contributed by atoms with Crippen LogP contribution < -0.4 is 0 Å². The molecule has 0 spiro atoms. The minimum atomic E-state index is -0.860. The third-order valence-electron chi connectivity index (χ3n) is 1.25. The van der Waals surface area contributed by atoms with Crippen LogP contribution in [0.5, 0.6) is 0 Å². The maximum Gasteiger partial charge on any atom is 0.304 e. The average molecular weight is 165 g/mol. The van der Waals surface area contributed by atoms with Crippen molar-refractivity contribution in [2.24, 2.45) is 0 Å². The predicted molar refractivity (Wildman–Crippen MR) is 38.8 cm³/mol. The largest absolute Gasteiger partial charge is 0.472 e. The topological polar surface area (TPSA) is 63.2 Å². The van der Waals surface area contributed by atoms with Crippen LogP contribution in [0.4, 0.5) is 0 Å². The van der Waals surface area contributed by atoms with Crippen LogP contribution in [-0.4, -0.2) is 5.97 Å². The van der Waals surface area contributed by atoms with Crippen molar-refractivity contribution in [1.29, 1.82) is 5.26 Å². The molecule has 1 aromatic heterocycles. The lowest BCUT2D eigenvalue weighted by molar-refractivity contribution is -0.144. The number of esters is 1. The van der Waals surface area contributed by atoms with Crippen LogP contribution in [0.1, 0.15) is 18.6 Å². The highest BCUT2D eigenvalue weighted by atomic mass is 16.5. The van der Waals surface area contributed by atoms with Crippen molar-refractivity contribution in [3.8, 4) is 6.07 Å². The molecule has 0 aliphatic carbocycles. The number of rotatable bonds is 2. The summed E-state index contributed by atoms with van der Waals surface area (Å²) in [7, 11) is 0. The van der Waals surface area contributed by atoms with Gasteiger partial charge in [-0.15, -0.1) is 0 Å². The molecule has 0 saturated carbocycles. The summed E-state index contributed by atoms with van der Waals surface area (Å²) in [5.74, 6) is -0.484. The molecule has 0 N–H and O–H groups in total. The average Bonchev–Trinajstić information content (AvgIpc) is 2.51. The summed E-state index contributed by atoms with van der Waals surface area (Å²) in [4.78, 5) is 10.5. The molecule has 12 heavy (non-hydrogen) atoms. The Hall–Kier alpha value is -1.76. The van der Waals surface area contributed by atoms with Crippen molar-refractivity contribution in [2.45, 2.75) is 13.0 Å². The fraction of sp³-hybridized carbons (Fsp3) is 0.250. The van der Waals surface area contributed by atoms with Crippen molar-refractivity contribution in [1.82, 2.24) is 0 Å². The third-order valence-corrected chi connectivity index (χ3v) is 1.25. The molecular weight excluding hydrogens is 158 g/mol. The Morgan fingerprint density at radius 3 is 3.00 bits per heavy atom. The predicted octanol–water partition coefficient (Wildman–Crippen LogP) is 1.41. The minimum Gasteiger partial charge on any atom is -0.472 e. The number of carbonyl (C=O) groups excluding carboxylic acids is 1. The summed E-state index contributed by atoms with van der Waals surface area (Å²) in [6.07, 6.45) is 1.93. The second-order valence-electron chi connectivity index (χ2n) is 2.18. The van der Waals surface area contributed by atoms with Gasteiger partial charge in [0.05, 0.1) is 12.5 Å². The van der Waals surface area contributed by atoms with Crippen molar-refractivity contribution >= 4 is 5.97 Å². The second kappa shape index (κ2) is 3.58. The molecule has 0 saturated heterocycles. The van der Waals surface area contributed by atoms with Crippen molar-refractivity contribution in [3.63, 3.8) is 0 Å². The first-order valence-corrected chi connectivity index (χ1v) is 3.33. The van der Waals surface area contributed by atoms with E-state index in [1.165, 1.54) is 19.5 Å². The van der Waals surface area contributed by atoms with E-state index >= 15 is 0 Å². The van der Waals surface area contributed by atoms with Gasteiger partial charge in [-0.25, -0.2) is 0 Å². The summed E-state index contributed by atoms with van der Waals surface area (Å²) in [5, 5.41) is 8.58. The SMILES string of the molecule is CC(=O)O[C@H](C#N)c1ccoc1. The van der Waals surface area contributed by atoms with Crippen LogP contribution in [0.15, 0.2) is 23.0 Å². The van der Waals surface area contributed by atoms with Gasteiger partial charge in [-0.2, -0.15) is 5.26 Å². The molecule has 0 bridgehead atoms. The Morgan fingerprint density at radius 2 is 2.58 bits per heavy atom. The van der Waals surface area contributed by atoms with Gasteiger partial charge in [-0.3, -0.25) is 4.79 Å². The van der Waals surface area contributed by atoms with Gasteiger partial charge in [0.25, 0.3) is 0 Å². The van der Waals surface area contributed by atoms with E-state index in [0.29, 0.717) is 5.56 Å². The molecule has 0 aliphatic heterocycles. The summed E-state index contributed by atoms with van der Waals surface area (Å²) in [6.45, 7) is 1.25. The summed E-state index contributed by atoms with van der Waals surface area (Å²) < 4.78 is 9.42. The zero-order chi connectivity index (χ0) is 8.97. The first-order chi connectivity index (χ1) is 5.74. The van der Waals surface area contributed by atoms with E-state index in [1.807, 2.05) is 6.07 Å². The lowest BCUT2D eigenvalue weighted by Crippen LogP contribution is -2.05. The van der Waals surface area contributed by atoms with Gasteiger partial charge >= 0.3 is 5.97 Å². The van der Waals surface area contributed by atoms with Crippen LogP contribution in [-0.2, 0) is 9.53 Å². The molecule has 0 aromatic carbocycles. The van der Waals surface area contributed by atoms with Crippen LogP contribution >= 0.6 is 0 Å². The Kier molecular flexibility index (Phi) is 2.49. The maximum absolute atomic E-state index is 10.5. The van der Waals surface area contributed by atoms with Gasteiger partial charge in [0.2, 0.25) is 6.10 Å². The van der Waals surface area contributed by atoms with Gasteiger partial charge < -0.3 is 9.15 Å². The first-order valence-electron chi connectivity index (χ1n) is 3.33. The number of carbonyl (C=O) groups is 1. The summed E-state index contributed by atoms with van der Waals surface area (Å²) in [5.41, 5.74) is 0.549. The molecule has 0 fully saturated rings. The molecule has 1 heterocycles. The van der Waals surface area contributed by atoms with Gasteiger partial charge in [-0.05, 0) is 6.07 Å². The Balaban J connectivity index is 2.72. The highest BCUT2D eigenvalue weighted by Crippen LogP contribution is 2.16. The summed E-state index contributed by atoms with van der Waals surface area (Å²) >= 11 is 0. The van der Waals surface area contributed by atoms with Crippen LogP contribution in [0, 0.1) is 11.3 Å². The zero-order valence-corrected chi connectivity index (χ0v) is 6.48. The van der Waals surface area contributed by atoms with Crippen molar-refractivity contribution in [3.05, 3.63) is 24.2 Å². The van der Waals surface area contributed by atoms with E-state index in [1.54, 1.807) is 6.07 Å². The van der Waals surface area contributed by atoms with E-state index in [9.17, 15) is 4.79 Å². The third kappa shape index (κ3) is 1.86. The number of furan rings is 1. The normalized spacial score (nSPS) is 11.7. The molecule has 0 amide bonds. The summed E-state index contributed by atoms with van der Waals surface area (Å²) in [6, 6.07) is 3.41. The van der Waals surface area contributed by atoms with E-state index in [-0.39, 0.29) is 0 Å². The number of hydrogen-bond donors (Lipinski definition) is 0. The van der Waals surface area contributed by atoms with Gasteiger partial charge in [0.15, 0.2) is 0 Å². The van der Waals surface area contributed by atoms with E-state index < -0.39 is 12.1 Å². The van der Waals surface area contributed by atoms with Crippen LogP contribution in [0.25, 0.3) is 0 Å². The molecule has 0 aliphatic rings. The monoisotopic (exact) mass is 165 g/mol. The van der Waals surface area contributed by atoms with E-state index in [0.717, 1.165) is 0 Å². The second-order valence-corrected chi connectivity index (χ2v) is 2.18. The molecule has 62 valence electrons. The molecule has 1 rings (SSSR count). The smallest absolute Gasteiger partial charge is 0.304 e. The molecule has 4 heteroatoms. The van der Waals surface area contributed by atoms with Crippen LogP contribution in [0.2, 0.25) is 0 Å². The van der Waals surface area contributed by atoms with E-state index in [2.05, 4.69) is 4.74 Å². The Labute approximate surface area is 69.4 Å². The number of ether oxygens (including phenoxy) is 1. The molecule has 1 aromatic rings. The van der Waals surface area contributed by atoms with Crippen molar-refractivity contribution < 1.29 is 13.9 Å². The lowest BCUT2D eigenvalue weighted by Gasteiger charge is -2.05. The molecule has 0 unspecified atom stereocenters. The number of hydrogen-bond acceptors (Lipinski definition) is 4. The molecule has 0 radical (unpaired) electrons. The number of nitriles is 1. The molecular formula is C8H7NO3. The zero-order valence-electron chi connectivity index (χ0n) is 6.48. The molecule has 1 atom stereocenters. The van der Waals surface area contributed by atoms with E-state index in [4.69, 9.17) is 9.68 Å². The lowest BCUT2D eigenvalue weighted by atomic mass is 10.2. The quantitative estimate of drug-likeness (QED) is 0.621. The van der Waals surface area contributed by atoms with Gasteiger partial charge in [0, 0.05) is 12.5 Å². The maximum atomic E-state index is 10.5. The van der Waals surface area contributed by atoms with Crippen LogP contribution in [0.3, 0.4) is 0 Å². The minimum absolute atomic E-state index is 0.484. The fourth-order valence-electron chi connectivity index (χ4n) is 0.759. The Bertz CT molecular complexity index is 297. The van der Waals surface area contributed by atoms with Gasteiger partial charge in [-0.1, -0.05) is 0 Å². The highest BCUT2D eigenvalue weighted by molar-refractivity contribution is 5.66. The highest BCUT2D eigenvalue weighted by Gasteiger charge is 2.13. The Morgan fingerprint density at radius 1 is 1.83 bits per heavy atom. The fourth-order valence-corrected chi connectivity index (χ4v) is 0.759. The number of nitrogens with zero attached hydrogens (tertiary/aromatic N) is 1. The molecule has 4 nitrogen and oxygen atoms in total. The van der Waals surface area contributed by atoms with Crippen molar-refractivity contribution in [2.75, 3.05) is 0 Å². The first kappa shape index (κ1) is 8.34. The van der Waals surface area contributed by atoms with Gasteiger partial charge in [0.1, 0.15) is 6.07 Å².